The van der Waals surface area contributed by atoms with Crippen LogP contribution in [0.25, 0.3) is 0 Å². The van der Waals surface area contributed by atoms with E-state index in [2.05, 4.69) is 10.2 Å². The summed E-state index contributed by atoms with van der Waals surface area (Å²) < 4.78 is 31.3. The van der Waals surface area contributed by atoms with Gasteiger partial charge in [0.25, 0.3) is 0 Å². The number of piperazine rings is 1. The fourth-order valence-corrected chi connectivity index (χ4v) is 4.25. The number of hydrogen-bond donors (Lipinski definition) is 2. The van der Waals surface area contributed by atoms with Crippen LogP contribution in [0, 0.1) is 0 Å². The molecular formula is C20H30F2N2O2. The van der Waals surface area contributed by atoms with Crippen LogP contribution in [0.1, 0.15) is 50.5 Å². The van der Waals surface area contributed by atoms with Crippen molar-refractivity contribution in [2.45, 2.75) is 56.7 Å². The van der Waals surface area contributed by atoms with E-state index in [-0.39, 0.29) is 11.7 Å². The van der Waals surface area contributed by atoms with Gasteiger partial charge in [0.1, 0.15) is 5.75 Å². The van der Waals surface area contributed by atoms with Crippen LogP contribution in [-0.2, 0) is 0 Å². The van der Waals surface area contributed by atoms with Crippen LogP contribution in [0.2, 0.25) is 0 Å². The minimum absolute atomic E-state index is 0.102. The maximum atomic E-state index is 13.3. The Morgan fingerprint density at radius 3 is 2.58 bits per heavy atom. The average molecular weight is 368 g/mol. The fourth-order valence-electron chi connectivity index (χ4n) is 4.25. The molecule has 1 aromatic carbocycles. The molecule has 2 fully saturated rings. The molecule has 3 rings (SSSR count). The van der Waals surface area contributed by atoms with E-state index >= 15 is 0 Å². The summed E-state index contributed by atoms with van der Waals surface area (Å²) in [6, 6.07) is 6.90. The molecule has 1 aliphatic carbocycles. The molecule has 1 saturated carbocycles. The monoisotopic (exact) mass is 368 g/mol. The van der Waals surface area contributed by atoms with Gasteiger partial charge in [-0.3, -0.25) is 0 Å². The zero-order valence-electron chi connectivity index (χ0n) is 15.5. The second-order valence-electron chi connectivity index (χ2n) is 7.75. The second kappa shape index (κ2) is 8.19. The lowest BCUT2D eigenvalue weighted by Crippen LogP contribution is -2.49. The van der Waals surface area contributed by atoms with Gasteiger partial charge in [0.2, 0.25) is 0 Å². The van der Waals surface area contributed by atoms with E-state index in [4.69, 9.17) is 4.74 Å². The Bertz CT molecular complexity index is 579. The van der Waals surface area contributed by atoms with Crippen molar-refractivity contribution < 1.29 is 18.6 Å². The molecule has 0 amide bonds. The molecule has 0 radical (unpaired) electrons. The maximum absolute atomic E-state index is 13.3. The van der Waals surface area contributed by atoms with Crippen molar-refractivity contribution >= 4 is 0 Å². The Hall–Kier alpha value is -1.24. The van der Waals surface area contributed by atoms with Gasteiger partial charge in [0.05, 0.1) is 5.60 Å². The molecule has 0 bridgehead atoms. The molecule has 6 heteroatoms. The van der Waals surface area contributed by atoms with Crippen LogP contribution in [-0.4, -0.2) is 54.4 Å². The normalized spacial score (nSPS) is 22.8. The molecule has 26 heavy (non-hydrogen) atoms. The zero-order valence-corrected chi connectivity index (χ0v) is 15.5. The Morgan fingerprint density at radius 1 is 1.23 bits per heavy atom. The number of rotatable bonds is 6. The van der Waals surface area contributed by atoms with Crippen molar-refractivity contribution in [3.8, 4) is 5.75 Å². The third kappa shape index (κ3) is 5.15. The van der Waals surface area contributed by atoms with Crippen LogP contribution in [0.15, 0.2) is 24.3 Å². The SMILES string of the molecule is CC(F)(F)Oc1cccc([C@@H](CN2CCNCC2)C2(O)CCCCC2)c1. The number of benzene rings is 1. The van der Waals surface area contributed by atoms with E-state index in [1.165, 1.54) is 0 Å². The largest absolute Gasteiger partial charge is 0.433 e. The van der Waals surface area contributed by atoms with Crippen LogP contribution < -0.4 is 10.1 Å². The van der Waals surface area contributed by atoms with Crippen LogP contribution in [0.3, 0.4) is 0 Å². The number of hydrogen-bond acceptors (Lipinski definition) is 4. The lowest BCUT2D eigenvalue weighted by Gasteiger charge is -2.42. The number of alkyl halides is 2. The minimum Gasteiger partial charge on any atom is -0.433 e. The van der Waals surface area contributed by atoms with Crippen LogP contribution in [0.5, 0.6) is 5.75 Å². The molecule has 0 aromatic heterocycles. The highest BCUT2D eigenvalue weighted by molar-refractivity contribution is 5.33. The van der Waals surface area contributed by atoms with Gasteiger partial charge in [-0.05, 0) is 30.5 Å². The zero-order chi connectivity index (χ0) is 18.6. The van der Waals surface area contributed by atoms with Gasteiger partial charge < -0.3 is 20.1 Å². The lowest BCUT2D eigenvalue weighted by atomic mass is 9.72. The van der Waals surface area contributed by atoms with E-state index < -0.39 is 11.7 Å². The van der Waals surface area contributed by atoms with Gasteiger partial charge in [0, 0.05) is 45.6 Å². The van der Waals surface area contributed by atoms with E-state index in [0.717, 1.165) is 77.3 Å². The first-order valence-corrected chi connectivity index (χ1v) is 9.68. The summed E-state index contributed by atoms with van der Waals surface area (Å²) in [5.41, 5.74) is 0.103. The summed E-state index contributed by atoms with van der Waals surface area (Å²) >= 11 is 0. The summed E-state index contributed by atoms with van der Waals surface area (Å²) in [5, 5.41) is 14.8. The first-order chi connectivity index (χ1) is 12.4. The number of halogens is 2. The molecule has 1 heterocycles. The molecule has 4 nitrogen and oxygen atoms in total. The fraction of sp³-hybridized carbons (Fsp3) is 0.700. The molecule has 2 aliphatic rings. The molecule has 1 aromatic rings. The third-order valence-corrected chi connectivity index (χ3v) is 5.58. The van der Waals surface area contributed by atoms with Crippen molar-refractivity contribution in [1.29, 1.82) is 0 Å². The van der Waals surface area contributed by atoms with E-state index in [1.54, 1.807) is 18.2 Å². The summed E-state index contributed by atoms with van der Waals surface area (Å²) in [5.74, 6) is 0.0506. The Balaban J connectivity index is 1.85. The van der Waals surface area contributed by atoms with Crippen molar-refractivity contribution in [3.05, 3.63) is 29.8 Å². The molecule has 1 saturated heterocycles. The standard InChI is InChI=1S/C20H30F2N2O2/c1-19(21,22)26-17-7-5-6-16(14-17)18(15-24-12-10-23-11-13-24)20(25)8-3-2-4-9-20/h5-7,14,18,23,25H,2-4,8-13,15H2,1H3/t18-/m1/s1. The molecule has 0 spiro atoms. The molecule has 1 aliphatic heterocycles. The number of nitrogens with zero attached hydrogens (tertiary/aromatic N) is 1. The van der Waals surface area contributed by atoms with Gasteiger partial charge in [-0.15, -0.1) is 0 Å². The highest BCUT2D eigenvalue weighted by Gasteiger charge is 2.40. The van der Waals surface area contributed by atoms with Crippen molar-refractivity contribution in [3.63, 3.8) is 0 Å². The van der Waals surface area contributed by atoms with Gasteiger partial charge in [-0.2, -0.15) is 8.78 Å². The number of nitrogens with one attached hydrogen (secondary N) is 1. The van der Waals surface area contributed by atoms with E-state index in [1.807, 2.05) is 6.07 Å². The number of aliphatic hydroxyl groups is 1. The van der Waals surface area contributed by atoms with E-state index in [0.29, 0.717) is 0 Å². The molecule has 0 unspecified atom stereocenters. The third-order valence-electron chi connectivity index (χ3n) is 5.58. The summed E-state index contributed by atoms with van der Waals surface area (Å²) in [6.45, 7) is 5.25. The van der Waals surface area contributed by atoms with Gasteiger partial charge in [-0.1, -0.05) is 31.4 Å². The van der Waals surface area contributed by atoms with Crippen LogP contribution in [0.4, 0.5) is 8.78 Å². The smallest absolute Gasteiger partial charge is 0.394 e. The minimum atomic E-state index is -3.21. The maximum Gasteiger partial charge on any atom is 0.394 e. The Morgan fingerprint density at radius 2 is 1.92 bits per heavy atom. The summed E-state index contributed by atoms with van der Waals surface area (Å²) in [4.78, 5) is 2.36. The van der Waals surface area contributed by atoms with Gasteiger partial charge in [0.15, 0.2) is 0 Å². The molecule has 1 atom stereocenters. The highest BCUT2D eigenvalue weighted by Crippen LogP contribution is 2.41. The Kier molecular flexibility index (Phi) is 6.15. The van der Waals surface area contributed by atoms with Crippen molar-refractivity contribution in [2.24, 2.45) is 0 Å². The van der Waals surface area contributed by atoms with Crippen molar-refractivity contribution in [1.82, 2.24) is 10.2 Å². The summed E-state index contributed by atoms with van der Waals surface area (Å²) in [7, 11) is 0. The van der Waals surface area contributed by atoms with Crippen molar-refractivity contribution in [2.75, 3.05) is 32.7 Å². The number of ether oxygens (including phenoxy) is 1. The first-order valence-electron chi connectivity index (χ1n) is 9.68. The molecular weight excluding hydrogens is 338 g/mol. The van der Waals surface area contributed by atoms with Gasteiger partial charge >= 0.3 is 6.11 Å². The average Bonchev–Trinajstić information content (AvgIpc) is 2.60. The highest BCUT2D eigenvalue weighted by atomic mass is 19.3. The molecule has 2 N–H and O–H groups in total. The van der Waals surface area contributed by atoms with Crippen LogP contribution >= 0.6 is 0 Å². The first kappa shape index (κ1) is 19.5. The van der Waals surface area contributed by atoms with E-state index in [9.17, 15) is 13.9 Å². The summed E-state index contributed by atoms with van der Waals surface area (Å²) in [6.07, 6.45) is 1.48. The predicted molar refractivity (Wildman–Crippen MR) is 97.8 cm³/mol. The lowest BCUT2D eigenvalue weighted by molar-refractivity contribution is -0.159. The quantitative estimate of drug-likeness (QED) is 0.808. The topological polar surface area (TPSA) is 44.7 Å². The van der Waals surface area contributed by atoms with Gasteiger partial charge in [-0.25, -0.2) is 0 Å². The predicted octanol–water partition coefficient (Wildman–Crippen LogP) is 3.36. The molecule has 146 valence electrons. The Labute approximate surface area is 154 Å². The second-order valence-corrected chi connectivity index (χ2v) is 7.75.